The Kier molecular flexibility index (Phi) is 4.82. The van der Waals surface area contributed by atoms with Gasteiger partial charge in [0.15, 0.2) is 20.6 Å². The summed E-state index contributed by atoms with van der Waals surface area (Å²) in [4.78, 5) is 11.2. The summed E-state index contributed by atoms with van der Waals surface area (Å²) in [5, 5.41) is 8.70. The van der Waals surface area contributed by atoms with Crippen LogP contribution in [0.25, 0.3) is 0 Å². The summed E-state index contributed by atoms with van der Waals surface area (Å²) in [5.74, 6) is -1.94. The van der Waals surface area contributed by atoms with E-state index in [-0.39, 0.29) is 5.69 Å². The van der Waals surface area contributed by atoms with Gasteiger partial charge in [0.25, 0.3) is 5.91 Å². The number of aromatic nitrogens is 2. The lowest BCUT2D eigenvalue weighted by atomic mass is 10.4. The van der Waals surface area contributed by atoms with Crippen LogP contribution in [0.2, 0.25) is 0 Å². The molecule has 0 bridgehead atoms. The molecule has 0 aromatic carbocycles. The van der Waals surface area contributed by atoms with Crippen molar-refractivity contribution in [2.24, 2.45) is 0 Å². The Hall–Kier alpha value is -1.26. The predicted molar refractivity (Wildman–Crippen MR) is 67.1 cm³/mol. The first-order chi connectivity index (χ1) is 8.65. The summed E-state index contributed by atoms with van der Waals surface area (Å²) in [5.41, 5.74) is -0.0496. The number of sulfone groups is 1. The highest BCUT2D eigenvalue weighted by Crippen LogP contribution is 2.09. The highest BCUT2D eigenvalue weighted by atomic mass is 35.7. The van der Waals surface area contributed by atoms with E-state index >= 15 is 0 Å². The molecule has 8 nitrogen and oxygen atoms in total. The van der Waals surface area contributed by atoms with Gasteiger partial charge in [-0.15, -0.1) is 10.2 Å². The zero-order chi connectivity index (χ0) is 14.7. The van der Waals surface area contributed by atoms with Crippen molar-refractivity contribution < 1.29 is 21.6 Å². The van der Waals surface area contributed by atoms with Crippen molar-refractivity contribution in [1.29, 1.82) is 0 Å². The van der Waals surface area contributed by atoms with E-state index in [1.54, 1.807) is 0 Å². The molecule has 1 amide bonds. The van der Waals surface area contributed by atoms with Crippen molar-refractivity contribution >= 4 is 35.5 Å². The van der Waals surface area contributed by atoms with Gasteiger partial charge in [0.05, 0.1) is 11.5 Å². The van der Waals surface area contributed by atoms with Gasteiger partial charge in [0, 0.05) is 17.7 Å². The van der Waals surface area contributed by atoms with Crippen molar-refractivity contribution in [3.63, 3.8) is 0 Å². The lowest BCUT2D eigenvalue weighted by Gasteiger charge is -2.02. The SMILES string of the molecule is CNC(=O)c1ccc(S(=O)(=O)CCS(=O)(=O)Cl)nn1. The number of hydrogen-bond donors (Lipinski definition) is 1. The van der Waals surface area contributed by atoms with Gasteiger partial charge < -0.3 is 5.32 Å². The van der Waals surface area contributed by atoms with E-state index in [0.717, 1.165) is 6.07 Å². The van der Waals surface area contributed by atoms with Gasteiger partial charge >= 0.3 is 0 Å². The Bertz CT molecular complexity index is 669. The standard InChI is InChI=1S/C8H10ClN3O5S2/c1-10-8(13)6-2-3-7(12-11-6)18(14,15)4-5-19(9,16)17/h2-3H,4-5H2,1H3,(H,10,13). The molecular formula is C8H10ClN3O5S2. The molecule has 0 aliphatic rings. The number of amides is 1. The summed E-state index contributed by atoms with van der Waals surface area (Å²) < 4.78 is 44.8. The average molecular weight is 328 g/mol. The minimum atomic E-state index is -3.91. The van der Waals surface area contributed by atoms with Crippen LogP contribution in [0.4, 0.5) is 0 Å². The maximum atomic E-state index is 11.7. The quantitative estimate of drug-likeness (QED) is 0.700. The first-order valence-corrected chi connectivity index (χ1v) is 9.00. The largest absolute Gasteiger partial charge is 0.354 e. The van der Waals surface area contributed by atoms with Crippen molar-refractivity contribution in [2.75, 3.05) is 18.6 Å². The first-order valence-electron chi connectivity index (χ1n) is 4.86. The maximum absolute atomic E-state index is 11.7. The molecule has 0 atom stereocenters. The van der Waals surface area contributed by atoms with Crippen LogP contribution in [0.1, 0.15) is 10.5 Å². The van der Waals surface area contributed by atoms with Gasteiger partial charge in [0.2, 0.25) is 9.05 Å². The number of halogens is 1. The Morgan fingerprint density at radius 2 is 1.84 bits per heavy atom. The molecule has 1 rings (SSSR count). The molecule has 1 heterocycles. The van der Waals surface area contributed by atoms with Crippen LogP contribution in [0.3, 0.4) is 0 Å². The molecule has 1 aromatic heterocycles. The van der Waals surface area contributed by atoms with E-state index in [1.807, 2.05) is 0 Å². The number of nitrogens with one attached hydrogen (secondary N) is 1. The Morgan fingerprint density at radius 3 is 2.26 bits per heavy atom. The molecular weight excluding hydrogens is 318 g/mol. The molecule has 0 radical (unpaired) electrons. The molecule has 0 aliphatic heterocycles. The fourth-order valence-electron chi connectivity index (χ4n) is 1.05. The molecule has 1 N–H and O–H groups in total. The second-order valence-electron chi connectivity index (χ2n) is 3.40. The van der Waals surface area contributed by atoms with Gasteiger partial charge in [-0.25, -0.2) is 16.8 Å². The molecule has 0 saturated carbocycles. The van der Waals surface area contributed by atoms with Crippen molar-refractivity contribution in [1.82, 2.24) is 15.5 Å². The summed E-state index contributed by atoms with van der Waals surface area (Å²) in [6, 6.07) is 2.25. The fraction of sp³-hybridized carbons (Fsp3) is 0.375. The summed E-state index contributed by atoms with van der Waals surface area (Å²) in [6.07, 6.45) is 0. The summed E-state index contributed by atoms with van der Waals surface area (Å²) in [7, 11) is -1.50. The highest BCUT2D eigenvalue weighted by molar-refractivity contribution is 8.14. The van der Waals surface area contributed by atoms with Crippen LogP contribution in [0.15, 0.2) is 17.2 Å². The minimum absolute atomic E-state index is 0.0496. The van der Waals surface area contributed by atoms with E-state index in [1.165, 1.54) is 13.1 Å². The predicted octanol–water partition coefficient (Wildman–Crippen LogP) is -0.821. The lowest BCUT2D eigenvalue weighted by Crippen LogP contribution is -2.21. The van der Waals surface area contributed by atoms with Crippen LogP contribution in [-0.2, 0) is 18.9 Å². The monoisotopic (exact) mass is 327 g/mol. The molecule has 0 aliphatic carbocycles. The molecule has 1 aromatic rings. The molecule has 11 heteroatoms. The van der Waals surface area contributed by atoms with E-state index in [9.17, 15) is 21.6 Å². The topological polar surface area (TPSA) is 123 Å². The second kappa shape index (κ2) is 5.80. The highest BCUT2D eigenvalue weighted by Gasteiger charge is 2.20. The second-order valence-corrected chi connectivity index (χ2v) is 8.35. The Labute approximate surface area is 114 Å². The van der Waals surface area contributed by atoms with Gasteiger partial charge in [-0.05, 0) is 12.1 Å². The van der Waals surface area contributed by atoms with Crippen molar-refractivity contribution in [2.45, 2.75) is 5.03 Å². The molecule has 0 fully saturated rings. The zero-order valence-electron chi connectivity index (χ0n) is 9.70. The fourth-order valence-corrected chi connectivity index (χ4v) is 3.94. The molecule has 0 spiro atoms. The number of hydrogen-bond acceptors (Lipinski definition) is 7. The average Bonchev–Trinajstić information content (AvgIpc) is 2.35. The van der Waals surface area contributed by atoms with E-state index < -0.39 is 41.3 Å². The third-order valence-electron chi connectivity index (χ3n) is 2.01. The molecule has 0 saturated heterocycles. The lowest BCUT2D eigenvalue weighted by molar-refractivity contribution is 0.0957. The van der Waals surface area contributed by atoms with Crippen LogP contribution < -0.4 is 5.32 Å². The Morgan fingerprint density at radius 1 is 1.21 bits per heavy atom. The number of carbonyl (C=O) groups excluding carboxylic acids is 1. The minimum Gasteiger partial charge on any atom is -0.354 e. The van der Waals surface area contributed by atoms with Gasteiger partial charge in [-0.3, -0.25) is 4.79 Å². The number of rotatable bonds is 5. The normalized spacial score (nSPS) is 12.1. The van der Waals surface area contributed by atoms with Gasteiger partial charge in [-0.2, -0.15) is 0 Å². The Balaban J connectivity index is 2.94. The maximum Gasteiger partial charge on any atom is 0.271 e. The van der Waals surface area contributed by atoms with Crippen LogP contribution in [0, 0.1) is 0 Å². The van der Waals surface area contributed by atoms with E-state index in [0.29, 0.717) is 0 Å². The third kappa shape index (κ3) is 4.73. The van der Waals surface area contributed by atoms with Crippen molar-refractivity contribution in [3.05, 3.63) is 17.8 Å². The van der Waals surface area contributed by atoms with Crippen LogP contribution >= 0.6 is 10.7 Å². The van der Waals surface area contributed by atoms with Gasteiger partial charge in [0.1, 0.15) is 0 Å². The molecule has 0 unspecified atom stereocenters. The van der Waals surface area contributed by atoms with Crippen LogP contribution in [-0.4, -0.2) is 51.5 Å². The molecule has 106 valence electrons. The number of carbonyl (C=O) groups is 1. The summed E-state index contributed by atoms with van der Waals surface area (Å²) in [6.45, 7) is 0. The zero-order valence-corrected chi connectivity index (χ0v) is 12.1. The summed E-state index contributed by atoms with van der Waals surface area (Å²) >= 11 is 0. The smallest absolute Gasteiger partial charge is 0.271 e. The number of nitrogens with zero attached hydrogens (tertiary/aromatic N) is 2. The molecule has 19 heavy (non-hydrogen) atoms. The van der Waals surface area contributed by atoms with E-state index in [4.69, 9.17) is 10.7 Å². The van der Waals surface area contributed by atoms with Crippen molar-refractivity contribution in [3.8, 4) is 0 Å². The van der Waals surface area contributed by atoms with Crippen LogP contribution in [0.5, 0.6) is 0 Å². The van der Waals surface area contributed by atoms with Gasteiger partial charge in [-0.1, -0.05) is 0 Å². The third-order valence-corrected chi connectivity index (χ3v) is 5.02. The van der Waals surface area contributed by atoms with E-state index in [2.05, 4.69) is 15.5 Å². The first kappa shape index (κ1) is 15.8.